The van der Waals surface area contributed by atoms with Crippen LogP contribution in [0.5, 0.6) is 0 Å². The first-order valence-electron chi connectivity index (χ1n) is 8.20. The molecule has 0 aliphatic rings. The van der Waals surface area contributed by atoms with Gasteiger partial charge in [0.15, 0.2) is 0 Å². The molecule has 2 aromatic heterocycles. The highest BCUT2D eigenvalue weighted by Crippen LogP contribution is 2.10. The van der Waals surface area contributed by atoms with Crippen LogP contribution >= 0.6 is 0 Å². The van der Waals surface area contributed by atoms with Gasteiger partial charge in [0.2, 0.25) is 5.91 Å². The normalized spacial score (nSPS) is 11.6. The summed E-state index contributed by atoms with van der Waals surface area (Å²) < 4.78 is 5.35. The molecule has 0 fully saturated rings. The number of amides is 3. The number of rotatable bonds is 7. The molecule has 2 heterocycles. The largest absolute Gasteiger partial charge is 0.467 e. The van der Waals surface area contributed by atoms with Crippen molar-refractivity contribution in [2.24, 2.45) is 0 Å². The Morgan fingerprint density at radius 3 is 2.56 bits per heavy atom. The maximum absolute atomic E-state index is 12.7. The van der Waals surface area contributed by atoms with Gasteiger partial charge in [-0.2, -0.15) is 0 Å². The zero-order valence-electron chi connectivity index (χ0n) is 14.8. The number of hydrogen-bond donors (Lipinski definition) is 1. The molecule has 3 amide bonds. The molecular formula is C18H24N4O3. The summed E-state index contributed by atoms with van der Waals surface area (Å²) >= 11 is 0. The van der Waals surface area contributed by atoms with Crippen molar-refractivity contribution >= 4 is 11.9 Å². The first kappa shape index (κ1) is 18.5. The molecule has 0 aromatic carbocycles. The molecule has 0 saturated carbocycles. The number of furan rings is 1. The molecule has 1 atom stereocenters. The van der Waals surface area contributed by atoms with Crippen molar-refractivity contribution in [1.82, 2.24) is 20.1 Å². The summed E-state index contributed by atoms with van der Waals surface area (Å²) in [4.78, 5) is 32.2. The molecule has 2 aromatic rings. The Morgan fingerprint density at radius 1 is 1.20 bits per heavy atom. The Balaban J connectivity index is 2.12. The number of likely N-dealkylation sites (N-methyl/N-ethyl adjacent to an activating group) is 1. The minimum absolute atomic E-state index is 0.133. The highest BCUT2D eigenvalue weighted by Gasteiger charge is 2.24. The molecule has 0 unspecified atom stereocenters. The lowest BCUT2D eigenvalue weighted by Gasteiger charge is -2.26. The van der Waals surface area contributed by atoms with Gasteiger partial charge < -0.3 is 19.5 Å². The lowest BCUT2D eigenvalue weighted by atomic mass is 10.2. The van der Waals surface area contributed by atoms with Crippen LogP contribution < -0.4 is 5.32 Å². The molecular weight excluding hydrogens is 320 g/mol. The fourth-order valence-corrected chi connectivity index (χ4v) is 2.37. The molecule has 0 spiro atoms. The molecule has 0 aliphatic carbocycles. The van der Waals surface area contributed by atoms with Crippen LogP contribution in [0.25, 0.3) is 0 Å². The second kappa shape index (κ2) is 8.86. The molecule has 0 saturated heterocycles. The summed E-state index contributed by atoms with van der Waals surface area (Å²) in [5.74, 6) is 0.532. The van der Waals surface area contributed by atoms with Gasteiger partial charge in [0.25, 0.3) is 0 Å². The average molecular weight is 344 g/mol. The zero-order chi connectivity index (χ0) is 18.2. The van der Waals surface area contributed by atoms with Gasteiger partial charge in [0, 0.05) is 20.3 Å². The van der Waals surface area contributed by atoms with E-state index < -0.39 is 6.04 Å². The fraction of sp³-hybridized carbons (Fsp3) is 0.389. The Bertz CT molecular complexity index is 671. The first-order valence-corrected chi connectivity index (χ1v) is 8.20. The van der Waals surface area contributed by atoms with Crippen molar-refractivity contribution in [1.29, 1.82) is 0 Å². The molecule has 25 heavy (non-hydrogen) atoms. The fourth-order valence-electron chi connectivity index (χ4n) is 2.37. The summed E-state index contributed by atoms with van der Waals surface area (Å²) in [6.07, 6.45) is 3.76. The van der Waals surface area contributed by atoms with Crippen LogP contribution in [0.4, 0.5) is 4.79 Å². The molecule has 7 heteroatoms. The van der Waals surface area contributed by atoms with E-state index in [-0.39, 0.29) is 11.9 Å². The second-order valence-electron chi connectivity index (χ2n) is 5.90. The number of urea groups is 1. The maximum atomic E-state index is 12.7. The number of carbonyl (C=O) groups excluding carboxylic acids is 2. The lowest BCUT2D eigenvalue weighted by Crippen LogP contribution is -2.50. The van der Waals surface area contributed by atoms with Gasteiger partial charge in [-0.3, -0.25) is 9.78 Å². The summed E-state index contributed by atoms with van der Waals surface area (Å²) in [6.45, 7) is 2.48. The number of nitrogens with one attached hydrogen (secondary N) is 1. The monoisotopic (exact) mass is 344 g/mol. The Kier molecular flexibility index (Phi) is 6.56. The highest BCUT2D eigenvalue weighted by atomic mass is 16.3. The van der Waals surface area contributed by atoms with Crippen molar-refractivity contribution in [3.8, 4) is 0 Å². The van der Waals surface area contributed by atoms with Gasteiger partial charge in [-0.15, -0.1) is 0 Å². The van der Waals surface area contributed by atoms with Crippen molar-refractivity contribution in [3.05, 3.63) is 54.2 Å². The number of pyridine rings is 1. The third kappa shape index (κ3) is 5.34. The topological polar surface area (TPSA) is 78.7 Å². The first-order chi connectivity index (χ1) is 12.0. The number of nitrogens with zero attached hydrogens (tertiary/aromatic N) is 3. The molecule has 0 bridgehead atoms. The van der Waals surface area contributed by atoms with Gasteiger partial charge in [0.1, 0.15) is 11.8 Å². The van der Waals surface area contributed by atoms with E-state index in [1.165, 1.54) is 4.90 Å². The van der Waals surface area contributed by atoms with Crippen molar-refractivity contribution in [3.63, 3.8) is 0 Å². The van der Waals surface area contributed by atoms with E-state index in [2.05, 4.69) is 10.3 Å². The summed E-state index contributed by atoms with van der Waals surface area (Å²) in [6, 6.07) is 8.23. The molecule has 2 rings (SSSR count). The minimum atomic E-state index is -0.565. The summed E-state index contributed by atoms with van der Waals surface area (Å²) in [7, 11) is 3.34. The Morgan fingerprint density at radius 2 is 2.00 bits per heavy atom. The SMILES string of the molecule is CC[C@@H](NC(=O)N(Cc1ccccn1)Cc1ccco1)C(=O)N(C)C. The van der Waals surface area contributed by atoms with Crippen molar-refractivity contribution < 1.29 is 14.0 Å². The Labute approximate surface area is 147 Å². The molecule has 0 radical (unpaired) electrons. The van der Waals surface area contributed by atoms with E-state index >= 15 is 0 Å². The summed E-state index contributed by atoms with van der Waals surface area (Å²) in [5.41, 5.74) is 0.760. The zero-order valence-corrected chi connectivity index (χ0v) is 14.8. The summed E-state index contributed by atoms with van der Waals surface area (Å²) in [5, 5.41) is 2.81. The van der Waals surface area contributed by atoms with E-state index in [9.17, 15) is 9.59 Å². The predicted octanol–water partition coefficient (Wildman–Crippen LogP) is 2.25. The number of carbonyl (C=O) groups is 2. The molecule has 0 aliphatic heterocycles. The van der Waals surface area contributed by atoms with E-state index in [0.29, 0.717) is 25.3 Å². The Hall–Kier alpha value is -2.83. The van der Waals surface area contributed by atoms with Crippen LogP contribution in [-0.2, 0) is 17.9 Å². The van der Waals surface area contributed by atoms with Gasteiger partial charge in [-0.05, 0) is 30.7 Å². The van der Waals surface area contributed by atoms with Gasteiger partial charge >= 0.3 is 6.03 Å². The van der Waals surface area contributed by atoms with Crippen LogP contribution in [0.1, 0.15) is 24.8 Å². The second-order valence-corrected chi connectivity index (χ2v) is 5.90. The van der Waals surface area contributed by atoms with Gasteiger partial charge in [-0.1, -0.05) is 13.0 Å². The maximum Gasteiger partial charge on any atom is 0.318 e. The number of hydrogen-bond acceptors (Lipinski definition) is 4. The smallest absolute Gasteiger partial charge is 0.318 e. The van der Waals surface area contributed by atoms with E-state index in [0.717, 1.165) is 5.69 Å². The minimum Gasteiger partial charge on any atom is -0.467 e. The average Bonchev–Trinajstić information content (AvgIpc) is 3.12. The third-order valence-corrected chi connectivity index (χ3v) is 3.74. The van der Waals surface area contributed by atoms with Gasteiger partial charge in [0.05, 0.1) is 25.0 Å². The van der Waals surface area contributed by atoms with Crippen LogP contribution in [0.15, 0.2) is 47.2 Å². The lowest BCUT2D eigenvalue weighted by molar-refractivity contribution is -0.130. The molecule has 1 N–H and O–H groups in total. The quantitative estimate of drug-likeness (QED) is 0.835. The van der Waals surface area contributed by atoms with Crippen LogP contribution in [0.2, 0.25) is 0 Å². The molecule has 134 valence electrons. The molecule has 7 nitrogen and oxygen atoms in total. The van der Waals surface area contributed by atoms with Gasteiger partial charge in [-0.25, -0.2) is 4.79 Å². The van der Waals surface area contributed by atoms with Crippen LogP contribution in [0.3, 0.4) is 0 Å². The van der Waals surface area contributed by atoms with E-state index in [4.69, 9.17) is 4.42 Å². The van der Waals surface area contributed by atoms with E-state index in [1.54, 1.807) is 43.6 Å². The van der Waals surface area contributed by atoms with Crippen LogP contribution in [0, 0.1) is 0 Å². The number of aromatic nitrogens is 1. The van der Waals surface area contributed by atoms with Crippen molar-refractivity contribution in [2.75, 3.05) is 14.1 Å². The third-order valence-electron chi connectivity index (χ3n) is 3.74. The highest BCUT2D eigenvalue weighted by molar-refractivity contribution is 5.86. The van der Waals surface area contributed by atoms with Crippen LogP contribution in [-0.4, -0.2) is 46.9 Å². The predicted molar refractivity (Wildman–Crippen MR) is 93.5 cm³/mol. The standard InChI is InChI=1S/C18H24N4O3/c1-4-16(17(23)21(2)3)20-18(24)22(13-15-9-7-11-25-15)12-14-8-5-6-10-19-14/h5-11,16H,4,12-13H2,1-3H3,(H,20,24)/t16-/m1/s1. The van der Waals surface area contributed by atoms with Crippen molar-refractivity contribution in [2.45, 2.75) is 32.5 Å². The van der Waals surface area contributed by atoms with E-state index in [1.807, 2.05) is 25.1 Å².